The molecule has 1 atom stereocenters. The van der Waals surface area contributed by atoms with Gasteiger partial charge in [0, 0.05) is 0 Å². The molecule has 0 aliphatic carbocycles. The zero-order chi connectivity index (χ0) is 20.9. The highest BCUT2D eigenvalue weighted by Crippen LogP contribution is 2.32. The Balaban J connectivity index is 1.81. The summed E-state index contributed by atoms with van der Waals surface area (Å²) in [5.41, 5.74) is 1.55. The molecule has 0 amide bonds. The van der Waals surface area contributed by atoms with Crippen LogP contribution >= 0.6 is 11.3 Å². The second-order valence-electron chi connectivity index (χ2n) is 6.45. The monoisotopic (exact) mass is 415 g/mol. The van der Waals surface area contributed by atoms with Gasteiger partial charge >= 0.3 is 11.7 Å². The molecule has 0 unspecified atom stereocenters. The van der Waals surface area contributed by atoms with E-state index >= 15 is 0 Å². The number of thiophene rings is 1. The minimum atomic E-state index is -0.470. The Hall–Kier alpha value is -3.41. The first-order chi connectivity index (χ1) is 13.8. The van der Waals surface area contributed by atoms with Crippen LogP contribution < -0.4 is 0 Å². The normalized spacial score (nSPS) is 12.6. The number of carbonyl (C=O) groups is 1. The summed E-state index contributed by atoms with van der Waals surface area (Å²) in [5.74, 6) is 0.0403. The minimum absolute atomic E-state index is 0.0579. The van der Waals surface area contributed by atoms with Crippen molar-refractivity contribution in [3.05, 3.63) is 44.6 Å². The van der Waals surface area contributed by atoms with E-state index in [1.54, 1.807) is 20.8 Å². The van der Waals surface area contributed by atoms with Crippen molar-refractivity contribution < 1.29 is 14.5 Å². The molecule has 0 aromatic carbocycles. The fourth-order valence-corrected chi connectivity index (χ4v) is 4.12. The van der Waals surface area contributed by atoms with Crippen molar-refractivity contribution in [3.63, 3.8) is 0 Å². The molecule has 0 saturated carbocycles. The van der Waals surface area contributed by atoms with Crippen molar-refractivity contribution in [2.24, 2.45) is 0 Å². The van der Waals surface area contributed by atoms with Crippen LogP contribution in [-0.2, 0) is 4.74 Å². The van der Waals surface area contributed by atoms with E-state index < -0.39 is 16.9 Å². The molecule has 4 heterocycles. The summed E-state index contributed by atoms with van der Waals surface area (Å²) in [6, 6.07) is -0.430. The summed E-state index contributed by atoms with van der Waals surface area (Å²) in [4.78, 5) is 33.0. The lowest BCUT2D eigenvalue weighted by atomic mass is 10.2. The quantitative estimate of drug-likeness (QED) is 0.276. The van der Waals surface area contributed by atoms with Crippen molar-refractivity contribution >= 4 is 38.9 Å². The first kappa shape index (κ1) is 18.9. The summed E-state index contributed by atoms with van der Waals surface area (Å²) in [6.07, 6.45) is 2.90. The topological polar surface area (TPSA) is 130 Å². The second kappa shape index (κ2) is 6.88. The molecule has 0 fully saturated rings. The lowest BCUT2D eigenvalue weighted by Gasteiger charge is -2.06. The van der Waals surface area contributed by atoms with Gasteiger partial charge in [-0.25, -0.2) is 19.3 Å². The fourth-order valence-electron chi connectivity index (χ4n) is 3.09. The van der Waals surface area contributed by atoms with Crippen LogP contribution in [0.4, 0.5) is 5.69 Å². The third kappa shape index (κ3) is 3.01. The van der Waals surface area contributed by atoms with Gasteiger partial charge in [-0.05, 0) is 33.3 Å². The molecule has 0 N–H and O–H groups in total. The first-order valence-electron chi connectivity index (χ1n) is 8.83. The van der Waals surface area contributed by atoms with Crippen LogP contribution in [0, 0.1) is 24.0 Å². The smallest absolute Gasteiger partial charge is 0.348 e. The third-order valence-electron chi connectivity index (χ3n) is 4.60. The molecular weight excluding hydrogens is 398 g/mol. The van der Waals surface area contributed by atoms with Gasteiger partial charge in [0.25, 0.3) is 0 Å². The number of nitrogens with zero attached hydrogens (tertiary/aromatic N) is 7. The van der Waals surface area contributed by atoms with Crippen molar-refractivity contribution in [1.29, 1.82) is 0 Å². The minimum Gasteiger partial charge on any atom is -0.462 e. The zero-order valence-corrected chi connectivity index (χ0v) is 16.9. The van der Waals surface area contributed by atoms with E-state index in [1.165, 1.54) is 33.1 Å². The van der Waals surface area contributed by atoms with Gasteiger partial charge in [-0.15, -0.1) is 16.4 Å². The number of hydrogen-bond donors (Lipinski definition) is 0. The maximum atomic E-state index is 12.2. The second-order valence-corrected chi connectivity index (χ2v) is 7.45. The van der Waals surface area contributed by atoms with Crippen LogP contribution in [0.25, 0.3) is 15.9 Å². The number of aromatic nitrogens is 6. The van der Waals surface area contributed by atoms with Crippen molar-refractivity contribution in [3.8, 4) is 0 Å². The standard InChI is InChI=1S/C17H17N7O4S/c1-5-28-17(25)13-8(2)12-15-19-14(21-23(15)7-18-16(12)29-13)10(4)22-6-11(24(26)27)9(3)20-22/h6-7,10H,5H2,1-4H3/t10-/m1/s1. The molecule has 0 spiro atoms. The molecule has 4 aromatic rings. The molecule has 4 rings (SSSR count). The van der Waals surface area contributed by atoms with Gasteiger partial charge in [0.1, 0.15) is 34.0 Å². The molecule has 29 heavy (non-hydrogen) atoms. The highest BCUT2D eigenvalue weighted by Gasteiger charge is 2.24. The van der Waals surface area contributed by atoms with Gasteiger partial charge in [0.2, 0.25) is 0 Å². The Labute approximate surface area is 168 Å². The SMILES string of the molecule is CCOC(=O)c1sc2ncn3nc([C@@H](C)n4cc([N+](=O)[O-])c(C)n4)nc3c2c1C. The van der Waals surface area contributed by atoms with Crippen LogP contribution in [-0.4, -0.2) is 46.9 Å². The van der Waals surface area contributed by atoms with Gasteiger partial charge < -0.3 is 4.74 Å². The number of hydrogen-bond acceptors (Lipinski definition) is 9. The summed E-state index contributed by atoms with van der Waals surface area (Å²) in [7, 11) is 0. The Morgan fingerprint density at radius 3 is 2.79 bits per heavy atom. The van der Waals surface area contributed by atoms with E-state index in [0.29, 0.717) is 26.9 Å². The Morgan fingerprint density at radius 2 is 2.14 bits per heavy atom. The predicted octanol–water partition coefficient (Wildman–Crippen LogP) is 2.85. The lowest BCUT2D eigenvalue weighted by Crippen LogP contribution is -2.09. The zero-order valence-electron chi connectivity index (χ0n) is 16.1. The van der Waals surface area contributed by atoms with Crippen LogP contribution in [0.5, 0.6) is 0 Å². The van der Waals surface area contributed by atoms with E-state index in [9.17, 15) is 14.9 Å². The summed E-state index contributed by atoms with van der Waals surface area (Å²) < 4.78 is 8.12. The van der Waals surface area contributed by atoms with Crippen molar-refractivity contribution in [2.45, 2.75) is 33.7 Å². The molecule has 0 radical (unpaired) electrons. The van der Waals surface area contributed by atoms with Crippen LogP contribution in [0.2, 0.25) is 0 Å². The maximum absolute atomic E-state index is 12.2. The molecule has 0 bridgehead atoms. The number of esters is 1. The van der Waals surface area contributed by atoms with Crippen molar-refractivity contribution in [1.82, 2.24) is 29.4 Å². The van der Waals surface area contributed by atoms with Crippen LogP contribution in [0.15, 0.2) is 12.5 Å². The highest BCUT2D eigenvalue weighted by molar-refractivity contribution is 7.20. The first-order valence-corrected chi connectivity index (χ1v) is 9.65. The molecular formula is C17H17N7O4S. The van der Waals surface area contributed by atoms with Gasteiger partial charge in [-0.1, -0.05) is 0 Å². The summed E-state index contributed by atoms with van der Waals surface area (Å²) >= 11 is 1.25. The van der Waals surface area contributed by atoms with Gasteiger partial charge in [-0.2, -0.15) is 5.10 Å². The summed E-state index contributed by atoms with van der Waals surface area (Å²) in [6.45, 7) is 7.25. The van der Waals surface area contributed by atoms with E-state index in [0.717, 1.165) is 10.9 Å². The third-order valence-corrected chi connectivity index (χ3v) is 5.78. The maximum Gasteiger partial charge on any atom is 0.348 e. The average Bonchev–Trinajstić information content (AvgIpc) is 3.36. The predicted molar refractivity (Wildman–Crippen MR) is 104 cm³/mol. The van der Waals surface area contributed by atoms with Crippen LogP contribution in [0.1, 0.15) is 46.6 Å². The summed E-state index contributed by atoms with van der Waals surface area (Å²) in [5, 5.41) is 20.5. The van der Waals surface area contributed by atoms with E-state index in [2.05, 4.69) is 20.2 Å². The number of rotatable bonds is 5. The van der Waals surface area contributed by atoms with Gasteiger partial charge in [0.15, 0.2) is 11.5 Å². The van der Waals surface area contributed by atoms with Crippen LogP contribution in [0.3, 0.4) is 0 Å². The van der Waals surface area contributed by atoms with Gasteiger partial charge in [0.05, 0.1) is 16.9 Å². The number of nitro groups is 1. The number of ether oxygens (including phenoxy) is 1. The highest BCUT2D eigenvalue weighted by atomic mass is 32.1. The molecule has 0 aliphatic heterocycles. The lowest BCUT2D eigenvalue weighted by molar-refractivity contribution is -0.385. The van der Waals surface area contributed by atoms with E-state index in [4.69, 9.17) is 4.74 Å². The largest absolute Gasteiger partial charge is 0.462 e. The molecule has 0 aliphatic rings. The molecule has 0 saturated heterocycles. The number of aryl methyl sites for hydroxylation is 2. The van der Waals surface area contributed by atoms with E-state index in [1.807, 2.05) is 6.92 Å². The van der Waals surface area contributed by atoms with Crippen molar-refractivity contribution in [2.75, 3.05) is 6.61 Å². The van der Waals surface area contributed by atoms with E-state index in [-0.39, 0.29) is 12.3 Å². The number of fused-ring (bicyclic) bond motifs is 3. The fraction of sp³-hybridized carbons (Fsp3) is 0.353. The molecule has 11 nitrogen and oxygen atoms in total. The molecule has 12 heteroatoms. The number of carbonyl (C=O) groups excluding carboxylic acids is 1. The molecule has 4 aromatic heterocycles. The van der Waals surface area contributed by atoms with Gasteiger partial charge in [-0.3, -0.25) is 14.8 Å². The average molecular weight is 415 g/mol. The molecule has 150 valence electrons. The Bertz CT molecular complexity index is 1270. The Morgan fingerprint density at radius 1 is 1.38 bits per heavy atom. The Kier molecular flexibility index (Phi) is 4.49.